The van der Waals surface area contributed by atoms with Crippen molar-refractivity contribution in [1.29, 1.82) is 0 Å². The monoisotopic (exact) mass is 463 g/mol. The van der Waals surface area contributed by atoms with Gasteiger partial charge in [0.05, 0.1) is 16.5 Å². The Hall–Kier alpha value is -3.98. The maximum atomic E-state index is 13.5. The number of Topliss-reactive ketones (excluding diaryl/α,β-unsaturated/α-hetero) is 1. The number of benzene rings is 2. The molecule has 2 aromatic carbocycles. The molecule has 1 aliphatic heterocycles. The molecule has 0 unspecified atom stereocenters. The number of aliphatic hydroxyl groups is 1. The van der Waals surface area contributed by atoms with Crippen molar-refractivity contribution >= 4 is 28.3 Å². The van der Waals surface area contributed by atoms with Crippen LogP contribution in [0.1, 0.15) is 36.0 Å². The molecule has 0 radical (unpaired) electrons. The summed E-state index contributed by atoms with van der Waals surface area (Å²) in [6.45, 7) is 6.39. The Labute approximate surface area is 196 Å². The van der Waals surface area contributed by atoms with Crippen molar-refractivity contribution in [3.05, 3.63) is 87.4 Å². The number of ketones is 1. The molecule has 1 aliphatic rings. The fourth-order valence-electron chi connectivity index (χ4n) is 4.26. The normalized spacial score (nSPS) is 16.1. The van der Waals surface area contributed by atoms with Crippen LogP contribution in [-0.4, -0.2) is 57.7 Å². The van der Waals surface area contributed by atoms with Gasteiger partial charge in [-0.1, -0.05) is 32.0 Å². The van der Waals surface area contributed by atoms with E-state index >= 15 is 0 Å². The Morgan fingerprint density at radius 1 is 1.15 bits per heavy atom. The second-order valence-corrected chi connectivity index (χ2v) is 8.02. The Bertz CT molecular complexity index is 1240. The summed E-state index contributed by atoms with van der Waals surface area (Å²) in [5, 5.41) is 22.6. The number of fused-ring (bicyclic) bond motifs is 1. The van der Waals surface area contributed by atoms with Crippen molar-refractivity contribution < 1.29 is 24.0 Å². The summed E-state index contributed by atoms with van der Waals surface area (Å²) in [6, 6.07) is 13.5. The third-order valence-electron chi connectivity index (χ3n) is 6.17. The number of nitro benzene ring substituents is 1. The number of rotatable bonds is 9. The number of aliphatic hydroxyl groups excluding tert-OH is 1. The summed E-state index contributed by atoms with van der Waals surface area (Å²) < 4.78 is 5.71. The zero-order chi connectivity index (χ0) is 24.4. The summed E-state index contributed by atoms with van der Waals surface area (Å²) >= 11 is 0. The van der Waals surface area contributed by atoms with Gasteiger partial charge in [0.2, 0.25) is 5.78 Å². The molecule has 0 saturated heterocycles. The van der Waals surface area contributed by atoms with Crippen LogP contribution in [0.5, 0.6) is 0 Å². The predicted octanol–water partition coefficient (Wildman–Crippen LogP) is 4.26. The van der Waals surface area contributed by atoms with Gasteiger partial charge in [-0.05, 0) is 42.9 Å². The number of amides is 1. The highest BCUT2D eigenvalue weighted by atomic mass is 16.6. The van der Waals surface area contributed by atoms with E-state index in [1.807, 2.05) is 19.9 Å². The highest BCUT2D eigenvalue weighted by molar-refractivity contribution is 6.16. The average molecular weight is 463 g/mol. The molecule has 0 aliphatic carbocycles. The summed E-state index contributed by atoms with van der Waals surface area (Å²) in [5.41, 5.74) is 0.793. The first kappa shape index (κ1) is 23.2. The number of para-hydroxylation sites is 1. The highest BCUT2D eigenvalue weighted by Crippen LogP contribution is 2.40. The second-order valence-electron chi connectivity index (χ2n) is 8.02. The van der Waals surface area contributed by atoms with Crippen LogP contribution < -0.4 is 0 Å². The summed E-state index contributed by atoms with van der Waals surface area (Å²) in [5.74, 6) is -1.88. The maximum absolute atomic E-state index is 13.5. The molecule has 0 bridgehead atoms. The number of carbonyl (C=O) groups is 2. The molecule has 0 saturated carbocycles. The Balaban J connectivity index is 1.75. The Morgan fingerprint density at radius 2 is 1.82 bits per heavy atom. The molecule has 1 amide bonds. The van der Waals surface area contributed by atoms with Crippen LogP contribution in [0.15, 0.2) is 70.3 Å². The van der Waals surface area contributed by atoms with Gasteiger partial charge < -0.3 is 19.3 Å². The molecular weight excluding hydrogens is 438 g/mol. The van der Waals surface area contributed by atoms with E-state index in [0.717, 1.165) is 18.5 Å². The maximum Gasteiger partial charge on any atom is 0.290 e. The largest absolute Gasteiger partial charge is 0.503 e. The lowest BCUT2D eigenvalue weighted by Crippen LogP contribution is -2.38. The van der Waals surface area contributed by atoms with E-state index in [9.17, 15) is 24.8 Å². The van der Waals surface area contributed by atoms with E-state index in [1.165, 1.54) is 29.2 Å². The molecule has 4 rings (SSSR count). The number of hydrogen-bond donors (Lipinski definition) is 1. The molecule has 9 nitrogen and oxygen atoms in total. The van der Waals surface area contributed by atoms with Gasteiger partial charge in [-0.25, -0.2) is 0 Å². The lowest BCUT2D eigenvalue weighted by Gasteiger charge is -2.29. The van der Waals surface area contributed by atoms with Crippen molar-refractivity contribution in [3.8, 4) is 0 Å². The van der Waals surface area contributed by atoms with Crippen LogP contribution >= 0.6 is 0 Å². The van der Waals surface area contributed by atoms with Gasteiger partial charge in [-0.3, -0.25) is 19.7 Å². The van der Waals surface area contributed by atoms with E-state index in [-0.39, 0.29) is 23.6 Å². The van der Waals surface area contributed by atoms with Gasteiger partial charge in [-0.15, -0.1) is 0 Å². The van der Waals surface area contributed by atoms with Crippen LogP contribution in [0.3, 0.4) is 0 Å². The van der Waals surface area contributed by atoms with Gasteiger partial charge >= 0.3 is 0 Å². The molecule has 1 aromatic heterocycles. The minimum Gasteiger partial charge on any atom is -0.503 e. The van der Waals surface area contributed by atoms with E-state index < -0.39 is 28.4 Å². The van der Waals surface area contributed by atoms with Gasteiger partial charge in [0.25, 0.3) is 11.6 Å². The summed E-state index contributed by atoms with van der Waals surface area (Å²) in [6.07, 6.45) is 0. The first-order valence-corrected chi connectivity index (χ1v) is 11.1. The minimum atomic E-state index is -0.899. The third kappa shape index (κ3) is 4.17. The predicted molar refractivity (Wildman–Crippen MR) is 126 cm³/mol. The van der Waals surface area contributed by atoms with E-state index in [0.29, 0.717) is 17.7 Å². The molecule has 3 aromatic rings. The number of furan rings is 1. The molecule has 9 heteroatoms. The number of likely N-dealkylation sites (N-methyl/N-ethyl adjacent to an activating group) is 1. The SMILES string of the molecule is CCN(CC)CCN1C(=O)C(O)=C(C(=O)c2cc3ccccc3o2)[C@H]1c1ccc([N+](=O)[O-])cc1. The van der Waals surface area contributed by atoms with Crippen LogP contribution in [-0.2, 0) is 4.79 Å². The van der Waals surface area contributed by atoms with Crippen LogP contribution in [0.25, 0.3) is 11.0 Å². The van der Waals surface area contributed by atoms with Gasteiger partial charge in [-0.2, -0.15) is 0 Å². The van der Waals surface area contributed by atoms with Gasteiger partial charge in [0, 0.05) is 30.6 Å². The molecular formula is C25H25N3O6. The number of nitro groups is 1. The third-order valence-corrected chi connectivity index (χ3v) is 6.17. The number of non-ortho nitro benzene ring substituents is 1. The smallest absolute Gasteiger partial charge is 0.290 e. The first-order chi connectivity index (χ1) is 16.3. The van der Waals surface area contributed by atoms with Crippen molar-refractivity contribution in [2.45, 2.75) is 19.9 Å². The second kappa shape index (κ2) is 9.48. The zero-order valence-corrected chi connectivity index (χ0v) is 18.9. The molecule has 2 heterocycles. The molecule has 34 heavy (non-hydrogen) atoms. The highest BCUT2D eigenvalue weighted by Gasteiger charge is 2.44. The lowest BCUT2D eigenvalue weighted by atomic mass is 9.95. The van der Waals surface area contributed by atoms with Crippen LogP contribution in [0, 0.1) is 10.1 Å². The summed E-state index contributed by atoms with van der Waals surface area (Å²) in [7, 11) is 0. The Kier molecular flexibility index (Phi) is 6.47. The Morgan fingerprint density at radius 3 is 2.44 bits per heavy atom. The van der Waals surface area contributed by atoms with E-state index in [4.69, 9.17) is 4.42 Å². The van der Waals surface area contributed by atoms with Crippen molar-refractivity contribution in [1.82, 2.24) is 9.80 Å². The molecule has 1 N–H and O–H groups in total. The number of hydrogen-bond acceptors (Lipinski definition) is 7. The quantitative estimate of drug-likeness (QED) is 0.286. The number of nitrogens with zero attached hydrogens (tertiary/aromatic N) is 3. The fraction of sp³-hybridized carbons (Fsp3) is 0.280. The summed E-state index contributed by atoms with van der Waals surface area (Å²) in [4.78, 5) is 40.7. The average Bonchev–Trinajstić information content (AvgIpc) is 3.39. The van der Waals surface area contributed by atoms with E-state index in [2.05, 4.69) is 4.90 Å². The van der Waals surface area contributed by atoms with Crippen molar-refractivity contribution in [2.24, 2.45) is 0 Å². The van der Waals surface area contributed by atoms with E-state index in [1.54, 1.807) is 24.3 Å². The van der Waals surface area contributed by atoms with Gasteiger partial charge in [0.15, 0.2) is 11.5 Å². The topological polar surface area (TPSA) is 117 Å². The molecule has 1 atom stereocenters. The van der Waals surface area contributed by atoms with Crippen molar-refractivity contribution in [3.63, 3.8) is 0 Å². The van der Waals surface area contributed by atoms with Gasteiger partial charge in [0.1, 0.15) is 5.58 Å². The molecule has 0 spiro atoms. The fourth-order valence-corrected chi connectivity index (χ4v) is 4.26. The van der Waals surface area contributed by atoms with Crippen molar-refractivity contribution in [2.75, 3.05) is 26.2 Å². The standard InChI is InChI=1S/C25H25N3O6/c1-3-26(4-2)13-14-27-22(16-9-11-18(12-10-16)28(32)33)21(24(30)25(27)31)23(29)20-15-17-7-5-6-8-19(17)34-20/h5-12,15,22,30H,3-4,13-14H2,1-2H3/t22-/m1/s1. The molecule has 176 valence electrons. The van der Waals surface area contributed by atoms with Crippen LogP contribution in [0.4, 0.5) is 5.69 Å². The molecule has 0 fully saturated rings. The first-order valence-electron chi connectivity index (χ1n) is 11.1. The number of carbonyl (C=O) groups excluding carboxylic acids is 2. The lowest BCUT2D eigenvalue weighted by molar-refractivity contribution is -0.384. The zero-order valence-electron chi connectivity index (χ0n) is 18.9. The van der Waals surface area contributed by atoms with Crippen LogP contribution in [0.2, 0.25) is 0 Å². The minimum absolute atomic E-state index is 0.00746.